The van der Waals surface area contributed by atoms with Gasteiger partial charge in [0.2, 0.25) is 5.91 Å². The molecule has 1 amide bonds. The zero-order chi connectivity index (χ0) is 17.0. The number of hydrogen-bond acceptors (Lipinski definition) is 5. The van der Waals surface area contributed by atoms with E-state index in [2.05, 4.69) is 35.1 Å². The highest BCUT2D eigenvalue weighted by molar-refractivity contribution is 5.97. The van der Waals surface area contributed by atoms with Crippen molar-refractivity contribution in [3.05, 3.63) is 29.5 Å². The van der Waals surface area contributed by atoms with E-state index in [1.165, 1.54) is 0 Å². The second kappa shape index (κ2) is 6.97. The molecule has 0 atom stereocenters. The maximum absolute atomic E-state index is 11.1. The molecule has 1 aromatic carbocycles. The van der Waals surface area contributed by atoms with E-state index in [4.69, 9.17) is 5.73 Å². The van der Waals surface area contributed by atoms with E-state index in [1.54, 1.807) is 6.92 Å². The molecule has 23 heavy (non-hydrogen) atoms. The van der Waals surface area contributed by atoms with E-state index in [0.717, 1.165) is 29.7 Å². The lowest BCUT2D eigenvalue weighted by atomic mass is 10.1. The number of amides is 1. The number of aromatic nitrogens is 1. The lowest BCUT2D eigenvalue weighted by Gasteiger charge is -2.22. The molecule has 1 aromatic heterocycles. The first-order chi connectivity index (χ1) is 11.0. The van der Waals surface area contributed by atoms with E-state index in [0.29, 0.717) is 16.9 Å². The van der Waals surface area contributed by atoms with Gasteiger partial charge in [0.1, 0.15) is 6.07 Å². The number of aryl methyl sites for hydroxylation is 1. The van der Waals surface area contributed by atoms with Crippen LogP contribution in [-0.4, -0.2) is 30.5 Å². The highest BCUT2D eigenvalue weighted by atomic mass is 16.1. The van der Waals surface area contributed by atoms with Gasteiger partial charge in [-0.1, -0.05) is 0 Å². The summed E-state index contributed by atoms with van der Waals surface area (Å²) in [7, 11) is 0. The Morgan fingerprint density at radius 1 is 1.39 bits per heavy atom. The zero-order valence-electron chi connectivity index (χ0n) is 13.7. The second-order valence-corrected chi connectivity index (χ2v) is 5.25. The summed E-state index contributed by atoms with van der Waals surface area (Å²) in [4.78, 5) is 17.8. The molecule has 0 spiro atoms. The number of fused-ring (bicyclic) bond motifs is 1. The monoisotopic (exact) mass is 311 g/mol. The van der Waals surface area contributed by atoms with E-state index >= 15 is 0 Å². The van der Waals surface area contributed by atoms with Gasteiger partial charge in [-0.2, -0.15) is 5.26 Å². The first-order valence-corrected chi connectivity index (χ1v) is 7.63. The van der Waals surface area contributed by atoms with Crippen LogP contribution in [0.25, 0.3) is 10.9 Å². The van der Waals surface area contributed by atoms with Gasteiger partial charge in [0, 0.05) is 24.2 Å². The Bertz CT molecular complexity index is 775. The lowest BCUT2D eigenvalue weighted by molar-refractivity contribution is -0.116. The number of pyridine rings is 1. The van der Waals surface area contributed by atoms with E-state index in [9.17, 15) is 10.1 Å². The Morgan fingerprint density at radius 3 is 2.65 bits per heavy atom. The van der Waals surface area contributed by atoms with Gasteiger partial charge in [-0.3, -0.25) is 9.78 Å². The molecule has 0 bridgehead atoms. The van der Waals surface area contributed by atoms with Crippen LogP contribution in [0.2, 0.25) is 0 Å². The predicted molar refractivity (Wildman–Crippen MR) is 92.4 cm³/mol. The highest BCUT2D eigenvalue weighted by Gasteiger charge is 2.14. The smallest absolute Gasteiger partial charge is 0.236 e. The number of anilines is 2. The van der Waals surface area contributed by atoms with Crippen molar-refractivity contribution in [2.24, 2.45) is 5.73 Å². The number of rotatable bonds is 6. The van der Waals surface area contributed by atoms with Crippen LogP contribution in [0.15, 0.2) is 18.2 Å². The fourth-order valence-electron chi connectivity index (χ4n) is 2.66. The Morgan fingerprint density at radius 2 is 2.09 bits per heavy atom. The summed E-state index contributed by atoms with van der Waals surface area (Å²) in [6.07, 6.45) is 0. The summed E-state index contributed by atoms with van der Waals surface area (Å²) < 4.78 is 0. The van der Waals surface area contributed by atoms with Crippen LogP contribution in [-0.2, 0) is 4.79 Å². The van der Waals surface area contributed by atoms with Crippen LogP contribution in [0.4, 0.5) is 11.4 Å². The van der Waals surface area contributed by atoms with Crippen LogP contribution in [0.5, 0.6) is 0 Å². The summed E-state index contributed by atoms with van der Waals surface area (Å²) in [5.74, 6) is -0.476. The molecule has 0 aliphatic heterocycles. The van der Waals surface area contributed by atoms with Gasteiger partial charge in [-0.05, 0) is 39.0 Å². The van der Waals surface area contributed by atoms with Crippen molar-refractivity contribution in [1.82, 2.24) is 4.98 Å². The van der Waals surface area contributed by atoms with Crippen LogP contribution in [0, 0.1) is 18.3 Å². The minimum atomic E-state index is -0.476. The van der Waals surface area contributed by atoms with Crippen molar-refractivity contribution in [2.45, 2.75) is 20.8 Å². The normalized spacial score (nSPS) is 10.3. The molecule has 0 saturated carbocycles. The number of nitrogens with zero attached hydrogens (tertiary/aromatic N) is 3. The molecule has 0 fully saturated rings. The lowest BCUT2D eigenvalue weighted by Crippen LogP contribution is -2.23. The minimum Gasteiger partial charge on any atom is -0.374 e. The van der Waals surface area contributed by atoms with Crippen molar-refractivity contribution in [2.75, 3.05) is 29.9 Å². The van der Waals surface area contributed by atoms with Gasteiger partial charge in [-0.25, -0.2) is 0 Å². The third-order valence-electron chi connectivity index (χ3n) is 3.83. The van der Waals surface area contributed by atoms with Crippen LogP contribution < -0.4 is 16.0 Å². The number of carbonyl (C=O) groups is 1. The molecule has 120 valence electrons. The van der Waals surface area contributed by atoms with Gasteiger partial charge in [0.15, 0.2) is 0 Å². The molecule has 2 aromatic rings. The van der Waals surface area contributed by atoms with Gasteiger partial charge in [0.05, 0.1) is 29.0 Å². The molecule has 0 radical (unpaired) electrons. The number of nitriles is 1. The Labute approximate surface area is 135 Å². The predicted octanol–water partition coefficient (Wildman–Crippen LogP) is 2.16. The zero-order valence-corrected chi connectivity index (χ0v) is 13.7. The molecular weight excluding hydrogens is 290 g/mol. The highest BCUT2D eigenvalue weighted by Crippen LogP contribution is 2.31. The maximum atomic E-state index is 11.1. The summed E-state index contributed by atoms with van der Waals surface area (Å²) in [5.41, 5.74) is 8.74. The van der Waals surface area contributed by atoms with E-state index in [-0.39, 0.29) is 6.54 Å². The number of hydrogen-bond donors (Lipinski definition) is 2. The van der Waals surface area contributed by atoms with Gasteiger partial charge in [0.25, 0.3) is 0 Å². The molecule has 0 unspecified atom stereocenters. The number of benzene rings is 1. The standard InChI is InChI=1S/C17H21N5O/c1-4-22(5-2)12-6-7-15-13(8-12)17(20-10-16(19)23)14(9-18)11(3)21-15/h6-8H,4-5,10H2,1-3H3,(H2,19,23)(H,20,21). The Kier molecular flexibility index (Phi) is 5.02. The summed E-state index contributed by atoms with van der Waals surface area (Å²) in [5, 5.41) is 13.2. The SMILES string of the molecule is CCN(CC)c1ccc2nc(C)c(C#N)c(NCC(N)=O)c2c1. The molecule has 3 N–H and O–H groups in total. The number of nitrogens with two attached hydrogens (primary N) is 1. The molecule has 0 aliphatic rings. The molecule has 2 rings (SSSR count). The number of primary amides is 1. The molecule has 6 nitrogen and oxygen atoms in total. The molecular formula is C17H21N5O. The van der Waals surface area contributed by atoms with Gasteiger partial charge >= 0.3 is 0 Å². The van der Waals surface area contributed by atoms with E-state index in [1.807, 2.05) is 18.2 Å². The second-order valence-electron chi connectivity index (χ2n) is 5.25. The van der Waals surface area contributed by atoms with Crippen molar-refractivity contribution < 1.29 is 4.79 Å². The van der Waals surface area contributed by atoms with Crippen molar-refractivity contribution in [3.63, 3.8) is 0 Å². The number of nitrogens with one attached hydrogen (secondary N) is 1. The van der Waals surface area contributed by atoms with Crippen LogP contribution in [0.1, 0.15) is 25.1 Å². The number of carbonyl (C=O) groups excluding carboxylic acids is 1. The van der Waals surface area contributed by atoms with Crippen LogP contribution in [0.3, 0.4) is 0 Å². The third-order valence-corrected chi connectivity index (χ3v) is 3.83. The molecule has 6 heteroatoms. The topological polar surface area (TPSA) is 95.0 Å². The third kappa shape index (κ3) is 3.34. The van der Waals surface area contributed by atoms with Crippen LogP contribution >= 0.6 is 0 Å². The molecule has 0 saturated heterocycles. The van der Waals surface area contributed by atoms with E-state index < -0.39 is 5.91 Å². The average molecular weight is 311 g/mol. The summed E-state index contributed by atoms with van der Waals surface area (Å²) >= 11 is 0. The molecule has 1 heterocycles. The quantitative estimate of drug-likeness (QED) is 0.852. The average Bonchev–Trinajstić information content (AvgIpc) is 2.53. The fraction of sp³-hybridized carbons (Fsp3) is 0.353. The Hall–Kier alpha value is -2.81. The fourth-order valence-corrected chi connectivity index (χ4v) is 2.66. The van der Waals surface area contributed by atoms with Crippen molar-refractivity contribution in [1.29, 1.82) is 5.26 Å². The summed E-state index contributed by atoms with van der Waals surface area (Å²) in [6.45, 7) is 7.71. The Balaban J connectivity index is 2.67. The van der Waals surface area contributed by atoms with Gasteiger partial charge < -0.3 is 16.0 Å². The maximum Gasteiger partial charge on any atom is 0.236 e. The summed E-state index contributed by atoms with van der Waals surface area (Å²) in [6, 6.07) is 8.12. The largest absolute Gasteiger partial charge is 0.374 e. The van der Waals surface area contributed by atoms with Crippen molar-refractivity contribution in [3.8, 4) is 6.07 Å². The molecule has 0 aliphatic carbocycles. The van der Waals surface area contributed by atoms with Crippen molar-refractivity contribution >= 4 is 28.2 Å². The first kappa shape index (κ1) is 16.6. The van der Waals surface area contributed by atoms with Gasteiger partial charge in [-0.15, -0.1) is 0 Å². The minimum absolute atomic E-state index is 0.0251. The first-order valence-electron chi connectivity index (χ1n) is 7.63.